The fourth-order valence-electron chi connectivity index (χ4n) is 0.856. The minimum Gasteiger partial charge on any atom is -0.452 e. The van der Waals surface area contributed by atoms with E-state index in [1.807, 2.05) is 0 Å². The molecule has 0 aromatic rings. The largest absolute Gasteiger partial charge is 0.452 e. The Morgan fingerprint density at radius 2 is 2.07 bits per heavy atom. The number of hydrogen-bond acceptors (Lipinski definition) is 5. The lowest BCUT2D eigenvalue weighted by molar-refractivity contribution is -0.0597. The maximum Gasteiger partial charge on any atom is 0.397 e. The van der Waals surface area contributed by atoms with E-state index in [1.54, 1.807) is 0 Å². The average Bonchev–Trinajstić information content (AvgIpc) is 2.18. The van der Waals surface area contributed by atoms with E-state index in [9.17, 15) is 9.90 Å². The van der Waals surface area contributed by atoms with Crippen LogP contribution in [0.4, 0.5) is 4.79 Å². The highest BCUT2D eigenvalue weighted by atomic mass is 16.6. The second kappa shape index (κ2) is 8.01. The van der Waals surface area contributed by atoms with Crippen LogP contribution in [0.5, 0.6) is 0 Å². The van der Waals surface area contributed by atoms with Gasteiger partial charge in [0.1, 0.15) is 6.10 Å². The monoisotopic (exact) mass is 219 g/mol. The molecule has 0 aliphatic rings. The number of carbonyl (C=O) groups excluding carboxylic acids is 1. The molecule has 1 N–H and O–H groups in total. The van der Waals surface area contributed by atoms with E-state index < -0.39 is 18.3 Å². The third-order valence-electron chi connectivity index (χ3n) is 1.48. The Balaban J connectivity index is 4.24. The van der Waals surface area contributed by atoms with E-state index in [4.69, 9.17) is 10.3 Å². The molecule has 0 unspecified atom stereocenters. The van der Waals surface area contributed by atoms with Crippen LogP contribution < -0.4 is 0 Å². The quantitative estimate of drug-likeness (QED) is 0.396. The zero-order chi connectivity index (χ0) is 11.7. The molecule has 86 valence electrons. The summed E-state index contributed by atoms with van der Waals surface area (Å²) in [4.78, 5) is 13.0. The molecule has 0 saturated carbocycles. The van der Waals surface area contributed by atoms with Gasteiger partial charge in [-0.1, -0.05) is 0 Å². The smallest absolute Gasteiger partial charge is 0.397 e. The Labute approximate surface area is 86.4 Å². The van der Waals surface area contributed by atoms with Crippen molar-refractivity contribution in [2.75, 3.05) is 27.4 Å². The Morgan fingerprint density at radius 3 is 2.53 bits per heavy atom. The van der Waals surface area contributed by atoms with Crippen LogP contribution in [-0.4, -0.2) is 50.8 Å². The van der Waals surface area contributed by atoms with Crippen LogP contribution in [0, 0.1) is 0 Å². The first-order chi connectivity index (χ1) is 7.15. The summed E-state index contributed by atoms with van der Waals surface area (Å²) < 4.78 is 14.0. The van der Waals surface area contributed by atoms with Crippen LogP contribution in [0.2, 0.25) is 0 Å². The minimum atomic E-state index is -1.12. The number of carbonyl (C=O) groups is 1. The molecular weight excluding hydrogens is 206 g/mol. The topological polar surface area (TPSA) is 114 Å². The number of nitrogens with zero attached hydrogens (tertiary/aromatic N) is 3. The molecule has 0 aromatic carbocycles. The van der Waals surface area contributed by atoms with Gasteiger partial charge in [-0.15, -0.1) is 0 Å². The van der Waals surface area contributed by atoms with E-state index in [0.717, 1.165) is 0 Å². The van der Waals surface area contributed by atoms with Crippen LogP contribution in [0.3, 0.4) is 0 Å². The predicted molar refractivity (Wildman–Crippen MR) is 49.2 cm³/mol. The number of methoxy groups -OCH3 is 2. The molecule has 8 nitrogen and oxygen atoms in total. The van der Waals surface area contributed by atoms with E-state index in [0.29, 0.717) is 0 Å². The fourth-order valence-corrected chi connectivity index (χ4v) is 0.856. The van der Waals surface area contributed by atoms with E-state index >= 15 is 0 Å². The van der Waals surface area contributed by atoms with Crippen LogP contribution in [0.1, 0.15) is 0 Å². The predicted octanol–water partition coefficient (Wildman–Crippen LogP) is 0.456. The van der Waals surface area contributed by atoms with Crippen molar-refractivity contribution in [2.45, 2.75) is 12.2 Å². The van der Waals surface area contributed by atoms with Crippen molar-refractivity contribution in [1.29, 1.82) is 0 Å². The first-order valence-corrected chi connectivity index (χ1v) is 4.07. The summed E-state index contributed by atoms with van der Waals surface area (Å²) in [7, 11) is 2.77. The van der Waals surface area contributed by atoms with Gasteiger partial charge >= 0.3 is 6.09 Å². The summed E-state index contributed by atoms with van der Waals surface area (Å²) in [5.74, 6) is 0. The molecule has 0 aliphatic heterocycles. The number of amides is 1. The van der Waals surface area contributed by atoms with Crippen molar-refractivity contribution >= 4 is 6.09 Å². The molecule has 15 heavy (non-hydrogen) atoms. The van der Waals surface area contributed by atoms with E-state index in [-0.39, 0.29) is 13.2 Å². The normalized spacial score (nSPS) is 13.8. The van der Waals surface area contributed by atoms with Gasteiger partial charge in [-0.05, 0) is 5.53 Å². The zero-order valence-electron chi connectivity index (χ0n) is 8.49. The van der Waals surface area contributed by atoms with Crippen molar-refractivity contribution in [1.82, 2.24) is 0 Å². The molecule has 0 aromatic heterocycles. The van der Waals surface area contributed by atoms with E-state index in [1.165, 1.54) is 14.2 Å². The Morgan fingerprint density at radius 1 is 1.47 bits per heavy atom. The molecule has 0 rings (SSSR count). The zero-order valence-corrected chi connectivity index (χ0v) is 8.49. The highest BCUT2D eigenvalue weighted by Crippen LogP contribution is 2.03. The lowest BCUT2D eigenvalue weighted by Crippen LogP contribution is -2.37. The molecule has 0 saturated heterocycles. The molecule has 0 radical (unpaired) electrons. The van der Waals surface area contributed by atoms with Gasteiger partial charge in [-0.2, -0.15) is 0 Å². The lowest BCUT2D eigenvalue weighted by atomic mass is 10.2. The second-order valence-electron chi connectivity index (χ2n) is 2.59. The summed E-state index contributed by atoms with van der Waals surface area (Å²) in [5, 5.41) is 12.1. The molecule has 0 spiro atoms. The summed E-state index contributed by atoms with van der Waals surface area (Å²) in [6, 6.07) is 0. The number of aliphatic hydroxyl groups is 1. The van der Waals surface area contributed by atoms with Gasteiger partial charge < -0.3 is 19.3 Å². The third kappa shape index (κ3) is 5.87. The lowest BCUT2D eigenvalue weighted by Gasteiger charge is -2.20. The van der Waals surface area contributed by atoms with Crippen LogP contribution in [0.25, 0.3) is 10.4 Å². The SMILES string of the molecule is COC[C@@H](O)[C@@H](COC)OC(=O)N=[N+]=[N-]. The van der Waals surface area contributed by atoms with Crippen LogP contribution in [-0.2, 0) is 14.2 Å². The maximum absolute atomic E-state index is 10.8. The van der Waals surface area contributed by atoms with Crippen LogP contribution >= 0.6 is 0 Å². The first kappa shape index (κ1) is 13.7. The molecule has 1 amide bonds. The number of hydrogen-bond donors (Lipinski definition) is 1. The highest BCUT2D eigenvalue weighted by molar-refractivity contribution is 5.68. The summed E-state index contributed by atoms with van der Waals surface area (Å²) >= 11 is 0. The first-order valence-electron chi connectivity index (χ1n) is 4.07. The second-order valence-corrected chi connectivity index (χ2v) is 2.59. The number of aliphatic hydroxyl groups excluding tert-OH is 1. The molecular formula is C7H13N3O5. The fraction of sp³-hybridized carbons (Fsp3) is 0.857. The Hall–Kier alpha value is -1.34. The van der Waals surface area contributed by atoms with Gasteiger partial charge in [0.15, 0.2) is 6.10 Å². The highest BCUT2D eigenvalue weighted by Gasteiger charge is 2.22. The third-order valence-corrected chi connectivity index (χ3v) is 1.48. The van der Waals surface area contributed by atoms with Gasteiger partial charge in [0.2, 0.25) is 0 Å². The number of azide groups is 1. The van der Waals surface area contributed by atoms with Crippen molar-refractivity contribution in [2.24, 2.45) is 5.11 Å². The maximum atomic E-state index is 10.8. The molecule has 0 aliphatic carbocycles. The minimum absolute atomic E-state index is 0.0163. The summed E-state index contributed by atoms with van der Waals surface area (Å²) in [6.45, 7) is -0.0329. The number of rotatable bonds is 6. The van der Waals surface area contributed by atoms with Crippen molar-refractivity contribution in [3.63, 3.8) is 0 Å². The van der Waals surface area contributed by atoms with Crippen molar-refractivity contribution in [3.8, 4) is 0 Å². The molecule has 0 bridgehead atoms. The molecule has 0 fully saturated rings. The molecule has 2 atom stereocenters. The van der Waals surface area contributed by atoms with Gasteiger partial charge in [-0.25, -0.2) is 4.79 Å². The Bertz CT molecular complexity index is 241. The van der Waals surface area contributed by atoms with Crippen LogP contribution in [0.15, 0.2) is 5.11 Å². The van der Waals surface area contributed by atoms with Crippen molar-refractivity contribution in [3.05, 3.63) is 10.4 Å². The van der Waals surface area contributed by atoms with Gasteiger partial charge in [0.05, 0.1) is 13.2 Å². The van der Waals surface area contributed by atoms with E-state index in [2.05, 4.69) is 19.5 Å². The Kier molecular flexibility index (Phi) is 7.29. The average molecular weight is 219 g/mol. The number of ether oxygens (including phenoxy) is 3. The molecule has 8 heteroatoms. The molecule has 0 heterocycles. The standard InChI is InChI=1S/C7H13N3O5/c1-13-3-5(11)6(4-14-2)15-7(12)9-10-8/h5-6,11H,3-4H2,1-2H3/t5-,6-/m1/s1. The van der Waals surface area contributed by atoms with Gasteiger partial charge in [0, 0.05) is 24.2 Å². The van der Waals surface area contributed by atoms with Gasteiger partial charge in [-0.3, -0.25) is 0 Å². The summed E-state index contributed by atoms with van der Waals surface area (Å²) in [5.41, 5.74) is 7.96. The summed E-state index contributed by atoms with van der Waals surface area (Å²) in [6.07, 6.45) is -3.07. The van der Waals surface area contributed by atoms with Crippen molar-refractivity contribution < 1.29 is 24.1 Å². The van der Waals surface area contributed by atoms with Gasteiger partial charge in [0.25, 0.3) is 0 Å².